The minimum atomic E-state index is -0.833. The molecule has 0 radical (unpaired) electrons. The summed E-state index contributed by atoms with van der Waals surface area (Å²) in [5, 5.41) is 25.5. The summed E-state index contributed by atoms with van der Waals surface area (Å²) in [6, 6.07) is 20.4. The highest BCUT2D eigenvalue weighted by Crippen LogP contribution is 2.45. The van der Waals surface area contributed by atoms with Crippen LogP contribution in [-0.2, 0) is 57.6 Å². The fourth-order valence-corrected chi connectivity index (χ4v) is 18.7. The fourth-order valence-electron chi connectivity index (χ4n) is 18.7. The number of β-amino-alcohol motifs (C(OH)–C–C–N with tert-alkyl or cyclic N) is 1. The SMILES string of the molecule is CC(=N)N1CCN(C(C)C)CC1.CC(=O)C1CCN(C(C)C)CC1.CC(=O)C1CCN(C(C)C)CC1.CC(=O)CN1CCC(C(C)C)CC1.CC(=O)CN1CCN(C(C)C)CC1.CC(=O)N1CCC(C(C)C)CC1.CC(C)N1CCC2(CC1)Cc1ccccc1C2.CC(C)N1C[C@H](O)C[C@H]1C(=O)O.CCOC(=O)C1Cc2ccccc2N1C(C)C. The number of carbonyl (C=O) groups excluding carboxylic acids is 6. The summed E-state index contributed by atoms with van der Waals surface area (Å²) >= 11 is 0. The molecule has 8 fully saturated rings. The van der Waals surface area contributed by atoms with E-state index in [1.54, 1.807) is 45.7 Å². The molecule has 22 heteroatoms. The summed E-state index contributed by atoms with van der Waals surface area (Å²) in [5.74, 6) is 5.30. The van der Waals surface area contributed by atoms with Gasteiger partial charge in [-0.05, 0) is 320 Å². The minimum Gasteiger partial charge on any atom is -0.480 e. The molecule has 686 valence electrons. The second-order valence-corrected chi connectivity index (χ2v) is 38.9. The Bertz CT molecular complexity index is 3090. The Morgan fingerprint density at radius 3 is 1.16 bits per heavy atom. The summed E-state index contributed by atoms with van der Waals surface area (Å²) in [7, 11) is 0. The van der Waals surface area contributed by atoms with Crippen LogP contribution in [0.3, 0.4) is 0 Å². The number of amides is 1. The number of aliphatic hydroxyl groups excluding tert-OH is 1. The number of carboxylic acids is 1. The van der Waals surface area contributed by atoms with Crippen LogP contribution in [0.2, 0.25) is 0 Å². The van der Waals surface area contributed by atoms with Crippen molar-refractivity contribution in [3.63, 3.8) is 0 Å². The zero-order chi connectivity index (χ0) is 89.8. The third-order valence-electron chi connectivity index (χ3n) is 27.0. The van der Waals surface area contributed by atoms with Gasteiger partial charge < -0.3 is 44.3 Å². The summed E-state index contributed by atoms with van der Waals surface area (Å²) in [6.45, 7) is 73.7. The number of piperidine rings is 5. The Morgan fingerprint density at radius 1 is 0.442 bits per heavy atom. The molecule has 8 saturated heterocycles. The van der Waals surface area contributed by atoms with Crippen LogP contribution in [0.25, 0.3) is 0 Å². The number of amidine groups is 1. The molecular formula is C98H174N12O10. The van der Waals surface area contributed by atoms with Gasteiger partial charge in [-0.1, -0.05) is 70.2 Å². The molecular weight excluding hydrogens is 1510 g/mol. The molecule has 12 rings (SSSR count). The maximum absolute atomic E-state index is 12.0. The second-order valence-electron chi connectivity index (χ2n) is 38.9. The molecule has 1 amide bonds. The van der Waals surface area contributed by atoms with Crippen LogP contribution < -0.4 is 4.90 Å². The van der Waals surface area contributed by atoms with Gasteiger partial charge in [0.05, 0.1) is 31.6 Å². The topological polar surface area (TPSA) is 229 Å². The quantitative estimate of drug-likeness (QED) is 0.0716. The summed E-state index contributed by atoms with van der Waals surface area (Å²) in [4.78, 5) is 103. The summed E-state index contributed by atoms with van der Waals surface area (Å²) < 4.78 is 5.16. The Balaban J connectivity index is 0.000000285. The van der Waals surface area contributed by atoms with Gasteiger partial charge in [0.2, 0.25) is 5.91 Å². The Morgan fingerprint density at radius 2 is 0.817 bits per heavy atom. The molecule has 1 unspecified atom stereocenters. The number of esters is 1. The van der Waals surface area contributed by atoms with Gasteiger partial charge in [-0.2, -0.15) is 0 Å². The van der Waals surface area contributed by atoms with E-state index >= 15 is 0 Å². The number of carboxylic acid groups (broad SMARTS) is 1. The van der Waals surface area contributed by atoms with Crippen molar-refractivity contribution < 1.29 is 48.5 Å². The van der Waals surface area contributed by atoms with E-state index < -0.39 is 18.1 Å². The van der Waals surface area contributed by atoms with Gasteiger partial charge in [-0.15, -0.1) is 0 Å². The lowest BCUT2D eigenvalue weighted by atomic mass is 9.76. The molecule has 2 aromatic carbocycles. The number of Topliss-reactive ketones (excluding diaryl/α,β-unsaturated/α-hetero) is 4. The number of fused-ring (bicyclic) bond motifs is 2. The number of anilines is 1. The fraction of sp³-hybridized carbons (Fsp3) is 0.796. The molecule has 9 aliphatic heterocycles. The Kier molecular flexibility index (Phi) is 48.4. The maximum Gasteiger partial charge on any atom is 0.329 e. The standard InChI is InChI=1S/C16H23N.C14H19NO2.C11H21NO.C10H20N2O.3C10H19NO.C9H19N3.C8H15NO3/c1-13(2)17-9-7-16(8-10-17)11-14-5-3-4-6-15(14)12-16;1-4-17-14(16)13-9-11-7-5-6-8-12(11)15(13)10(2)3;1-9(2)11-4-6-12(7-5-11)8-10(3)13;1-9(2)12-6-4-11(5-7-12)8-10(3)13;2*1-8(2)11-6-4-10(5-7-11)9(3)12;1-8(2)10-4-6-11(7-5-10)9(3)12;1-8(2)11-4-6-12(7-5-11)9(3)10;1-5(2)9-4-6(10)3-7(9)8(11)12/h3-6,13H,7-12H2,1-2H3;5-8,10,13H,4,9H2,1-3H3;9,11H,4-8H2,1-3H3;9H,4-8H2,1-3H3;4*8,10H,4-7H2,1-3H3;5-7,10H,3-4H2,1-2H3,(H,11,12)/t;;;;;;;;6-,7+/m........1/s1. The number of nitrogens with zero attached hydrogens (tertiary/aromatic N) is 11. The molecule has 1 aliphatic carbocycles. The van der Waals surface area contributed by atoms with E-state index in [1.165, 1.54) is 75.7 Å². The molecule has 0 saturated carbocycles. The lowest BCUT2D eigenvalue weighted by molar-refractivity contribution is -0.145. The number of ketones is 4. The van der Waals surface area contributed by atoms with E-state index in [-0.39, 0.29) is 29.7 Å². The number of carbonyl (C=O) groups is 7. The van der Waals surface area contributed by atoms with Gasteiger partial charge >= 0.3 is 11.9 Å². The molecule has 22 nitrogen and oxygen atoms in total. The molecule has 10 aliphatic rings. The molecule has 0 aromatic heterocycles. The van der Waals surface area contributed by atoms with E-state index in [1.807, 2.05) is 49.6 Å². The number of hydrogen-bond donors (Lipinski definition) is 3. The first-order chi connectivity index (χ1) is 56.5. The number of aliphatic hydroxyl groups is 1. The molecule has 120 heavy (non-hydrogen) atoms. The van der Waals surface area contributed by atoms with Gasteiger partial charge in [0.1, 0.15) is 35.2 Å². The van der Waals surface area contributed by atoms with Crippen LogP contribution in [0.15, 0.2) is 48.5 Å². The normalized spacial score (nSPS) is 21.9. The average molecular weight is 1680 g/mol. The average Bonchev–Trinajstić information content (AvgIpc) is 1.64. The van der Waals surface area contributed by atoms with Crippen molar-refractivity contribution in [3.05, 3.63) is 65.2 Å². The van der Waals surface area contributed by atoms with Crippen molar-refractivity contribution in [3.8, 4) is 0 Å². The number of benzene rings is 2. The van der Waals surface area contributed by atoms with Gasteiger partial charge in [-0.3, -0.25) is 58.7 Å². The highest BCUT2D eigenvalue weighted by Gasteiger charge is 2.41. The van der Waals surface area contributed by atoms with Gasteiger partial charge in [0.15, 0.2) is 0 Å². The van der Waals surface area contributed by atoms with Crippen molar-refractivity contribution >= 4 is 52.5 Å². The molecule has 0 bridgehead atoms. The zero-order valence-electron chi connectivity index (χ0n) is 80.4. The van der Waals surface area contributed by atoms with E-state index in [2.05, 4.69) is 191 Å². The number of aliphatic carboxylic acids is 1. The van der Waals surface area contributed by atoms with Gasteiger partial charge in [0, 0.05) is 152 Å². The van der Waals surface area contributed by atoms with Crippen molar-refractivity contribution in [2.24, 2.45) is 40.9 Å². The van der Waals surface area contributed by atoms with Crippen molar-refractivity contribution in [1.82, 2.24) is 49.0 Å². The van der Waals surface area contributed by atoms with Crippen molar-refractivity contribution in [2.45, 2.75) is 323 Å². The van der Waals surface area contributed by atoms with E-state index in [4.69, 9.17) is 15.3 Å². The van der Waals surface area contributed by atoms with Crippen LogP contribution in [-0.4, -0.2) is 311 Å². The highest BCUT2D eigenvalue weighted by atomic mass is 16.5. The first-order valence-corrected chi connectivity index (χ1v) is 46.9. The Labute approximate surface area is 730 Å². The van der Waals surface area contributed by atoms with Gasteiger partial charge in [0.25, 0.3) is 0 Å². The predicted molar refractivity (Wildman–Crippen MR) is 495 cm³/mol. The van der Waals surface area contributed by atoms with Crippen molar-refractivity contribution in [2.75, 3.05) is 149 Å². The summed E-state index contributed by atoms with van der Waals surface area (Å²) in [5.41, 5.74) is 6.24. The number of ether oxygens (including phenoxy) is 1. The van der Waals surface area contributed by atoms with E-state index in [0.717, 1.165) is 167 Å². The first-order valence-electron chi connectivity index (χ1n) is 46.9. The highest BCUT2D eigenvalue weighted by molar-refractivity contribution is 5.84. The maximum atomic E-state index is 12.0. The molecule has 2 aromatic rings. The van der Waals surface area contributed by atoms with Crippen LogP contribution in [0.5, 0.6) is 0 Å². The minimum absolute atomic E-state index is 0.114. The van der Waals surface area contributed by atoms with Gasteiger partial charge in [-0.25, -0.2) is 4.79 Å². The molecule has 1 spiro atoms. The lowest BCUT2D eigenvalue weighted by Crippen LogP contribution is -2.49. The molecule has 9 heterocycles. The smallest absolute Gasteiger partial charge is 0.329 e. The van der Waals surface area contributed by atoms with Crippen molar-refractivity contribution in [1.29, 1.82) is 5.41 Å². The summed E-state index contributed by atoms with van der Waals surface area (Å²) in [6.07, 6.45) is 15.2. The van der Waals surface area contributed by atoms with Crippen LogP contribution in [0.1, 0.15) is 260 Å². The Hall–Kier alpha value is -5.56. The second kappa shape index (κ2) is 54.4. The van der Waals surface area contributed by atoms with Crippen LogP contribution in [0, 0.1) is 46.3 Å². The predicted octanol–water partition coefficient (Wildman–Crippen LogP) is 14.4. The number of hydrogen-bond acceptors (Lipinski definition) is 19. The lowest BCUT2D eigenvalue weighted by Gasteiger charge is -2.41. The largest absolute Gasteiger partial charge is 0.480 e. The number of rotatable bonds is 18. The van der Waals surface area contributed by atoms with E-state index in [9.17, 15) is 38.7 Å². The zero-order valence-corrected chi connectivity index (χ0v) is 80.4. The van der Waals surface area contributed by atoms with Crippen LogP contribution in [0.4, 0.5) is 5.69 Å². The number of nitrogens with one attached hydrogen (secondary N) is 1. The third kappa shape index (κ3) is 37.3. The molecule has 3 N–H and O–H groups in total. The number of likely N-dealkylation sites (tertiary alicyclic amines) is 6. The molecule has 3 atom stereocenters. The monoisotopic (exact) mass is 1680 g/mol. The first kappa shape index (κ1) is 107. The van der Waals surface area contributed by atoms with Crippen LogP contribution >= 0.6 is 0 Å². The van der Waals surface area contributed by atoms with E-state index in [0.29, 0.717) is 103 Å². The number of piperazine rings is 2. The number of para-hydroxylation sites is 1. The third-order valence-corrected chi connectivity index (χ3v) is 27.0.